The van der Waals surface area contributed by atoms with Gasteiger partial charge in [0.15, 0.2) is 0 Å². The molecule has 0 amide bonds. The zero-order valence-electron chi connectivity index (χ0n) is 14.4. The van der Waals surface area contributed by atoms with Crippen molar-refractivity contribution >= 4 is 38.9 Å². The first kappa shape index (κ1) is 16.2. The van der Waals surface area contributed by atoms with Crippen molar-refractivity contribution in [1.82, 2.24) is 20.7 Å². The van der Waals surface area contributed by atoms with Crippen LogP contribution in [-0.2, 0) is 0 Å². The smallest absolute Gasteiger partial charge is 0.115 e. The molecule has 0 radical (unpaired) electrons. The number of rotatable bonds is 6. The molecule has 130 valence electrons. The van der Waals surface area contributed by atoms with Gasteiger partial charge in [-0.25, -0.2) is 0 Å². The summed E-state index contributed by atoms with van der Waals surface area (Å²) in [5.41, 5.74) is 4.26. The molecule has 4 aromatic rings. The molecular formula is C19H19N7. The monoisotopic (exact) mass is 345 g/mol. The van der Waals surface area contributed by atoms with Crippen LogP contribution in [0.5, 0.6) is 0 Å². The molecule has 3 N–H and O–H groups in total. The molecule has 0 fully saturated rings. The van der Waals surface area contributed by atoms with Crippen molar-refractivity contribution < 1.29 is 0 Å². The molecular weight excluding hydrogens is 326 g/mol. The SMILES string of the molecule is CNCCNc1ccc(N=Nc2ccc3n[nH]nc3c2)c2ccccc12. The summed E-state index contributed by atoms with van der Waals surface area (Å²) in [6, 6.07) is 17.9. The second-order valence-electron chi connectivity index (χ2n) is 5.90. The van der Waals surface area contributed by atoms with Gasteiger partial charge in [-0.3, -0.25) is 0 Å². The number of benzene rings is 3. The van der Waals surface area contributed by atoms with Gasteiger partial charge in [-0.2, -0.15) is 20.5 Å². The van der Waals surface area contributed by atoms with Crippen molar-refractivity contribution in [3.05, 3.63) is 54.6 Å². The lowest BCUT2D eigenvalue weighted by molar-refractivity contribution is 0.824. The number of hydrogen-bond donors (Lipinski definition) is 3. The van der Waals surface area contributed by atoms with Crippen LogP contribution in [0.15, 0.2) is 64.8 Å². The highest BCUT2D eigenvalue weighted by atomic mass is 15.3. The molecule has 3 aromatic carbocycles. The predicted octanol–water partition coefficient (Wildman–Crippen LogP) is 4.16. The van der Waals surface area contributed by atoms with Crippen LogP contribution in [0.3, 0.4) is 0 Å². The average Bonchev–Trinajstić information content (AvgIpc) is 3.15. The van der Waals surface area contributed by atoms with Crippen LogP contribution in [0.1, 0.15) is 0 Å². The van der Waals surface area contributed by atoms with E-state index in [1.807, 2.05) is 49.5 Å². The Balaban J connectivity index is 1.66. The van der Waals surface area contributed by atoms with E-state index in [1.54, 1.807) is 0 Å². The van der Waals surface area contributed by atoms with Crippen LogP contribution >= 0.6 is 0 Å². The third kappa shape index (κ3) is 3.25. The molecule has 0 aliphatic heterocycles. The largest absolute Gasteiger partial charge is 0.383 e. The van der Waals surface area contributed by atoms with Gasteiger partial charge in [0.25, 0.3) is 0 Å². The molecule has 1 aromatic heterocycles. The van der Waals surface area contributed by atoms with E-state index in [0.717, 1.165) is 52.0 Å². The third-order valence-electron chi connectivity index (χ3n) is 4.16. The maximum Gasteiger partial charge on any atom is 0.115 e. The molecule has 0 bridgehead atoms. The Morgan fingerprint density at radius 3 is 2.62 bits per heavy atom. The van der Waals surface area contributed by atoms with Crippen molar-refractivity contribution in [3.63, 3.8) is 0 Å². The molecule has 0 aliphatic carbocycles. The Morgan fingerprint density at radius 2 is 1.73 bits per heavy atom. The van der Waals surface area contributed by atoms with Gasteiger partial charge in [-0.1, -0.05) is 24.3 Å². The fourth-order valence-corrected chi connectivity index (χ4v) is 2.85. The van der Waals surface area contributed by atoms with E-state index < -0.39 is 0 Å². The fourth-order valence-electron chi connectivity index (χ4n) is 2.85. The minimum absolute atomic E-state index is 0.742. The van der Waals surface area contributed by atoms with Crippen LogP contribution in [0, 0.1) is 0 Å². The molecule has 1 heterocycles. The molecule has 0 saturated heterocycles. The number of fused-ring (bicyclic) bond motifs is 2. The molecule has 0 saturated carbocycles. The number of aromatic amines is 1. The first-order chi connectivity index (χ1) is 12.8. The summed E-state index contributed by atoms with van der Waals surface area (Å²) < 4.78 is 0. The molecule has 0 unspecified atom stereocenters. The highest BCUT2D eigenvalue weighted by Crippen LogP contribution is 2.33. The van der Waals surface area contributed by atoms with Crippen LogP contribution in [-0.4, -0.2) is 35.5 Å². The molecule has 0 atom stereocenters. The van der Waals surface area contributed by atoms with Crippen LogP contribution < -0.4 is 10.6 Å². The summed E-state index contributed by atoms with van der Waals surface area (Å²) in [6.07, 6.45) is 0. The van der Waals surface area contributed by atoms with E-state index >= 15 is 0 Å². The lowest BCUT2D eigenvalue weighted by Gasteiger charge is -2.11. The van der Waals surface area contributed by atoms with Crippen LogP contribution in [0.4, 0.5) is 17.1 Å². The Kier molecular flexibility index (Phi) is 4.53. The number of nitrogens with one attached hydrogen (secondary N) is 3. The maximum absolute atomic E-state index is 4.46. The molecule has 0 aliphatic rings. The van der Waals surface area contributed by atoms with Gasteiger partial charge in [0, 0.05) is 29.5 Å². The number of anilines is 1. The Bertz CT molecular complexity index is 1070. The van der Waals surface area contributed by atoms with Gasteiger partial charge >= 0.3 is 0 Å². The zero-order valence-corrected chi connectivity index (χ0v) is 14.4. The minimum Gasteiger partial charge on any atom is -0.383 e. The fraction of sp³-hybridized carbons (Fsp3) is 0.158. The topological polar surface area (TPSA) is 90.4 Å². The number of aromatic nitrogens is 3. The van der Waals surface area contributed by atoms with Gasteiger partial charge in [0.2, 0.25) is 0 Å². The number of nitrogens with zero attached hydrogens (tertiary/aromatic N) is 4. The lowest BCUT2D eigenvalue weighted by Crippen LogP contribution is -2.17. The first-order valence-corrected chi connectivity index (χ1v) is 8.47. The Labute approximate surface area is 150 Å². The van der Waals surface area contributed by atoms with Crippen molar-refractivity contribution in [2.45, 2.75) is 0 Å². The van der Waals surface area contributed by atoms with E-state index in [0.29, 0.717) is 0 Å². The molecule has 4 rings (SSSR count). The van der Waals surface area contributed by atoms with Crippen molar-refractivity contribution in [2.75, 3.05) is 25.5 Å². The summed E-state index contributed by atoms with van der Waals surface area (Å²) in [7, 11) is 1.94. The van der Waals surface area contributed by atoms with Gasteiger partial charge in [0.05, 0.1) is 11.4 Å². The second-order valence-corrected chi connectivity index (χ2v) is 5.90. The van der Waals surface area contributed by atoms with E-state index in [2.05, 4.69) is 48.4 Å². The van der Waals surface area contributed by atoms with Gasteiger partial charge in [-0.05, 0) is 37.4 Å². The average molecular weight is 345 g/mol. The standard InChI is InChI=1S/C19H19N7/c1-20-10-11-21-16-8-9-17(15-5-3-2-4-14(15)16)23-22-13-6-7-18-19(12-13)25-26-24-18/h2-9,12,20-21H,10-11H2,1H3,(H,24,25,26). The third-order valence-corrected chi connectivity index (χ3v) is 4.16. The van der Waals surface area contributed by atoms with Crippen molar-refractivity contribution in [1.29, 1.82) is 0 Å². The first-order valence-electron chi connectivity index (χ1n) is 8.47. The Hall–Kier alpha value is -3.32. The summed E-state index contributed by atoms with van der Waals surface area (Å²) in [4.78, 5) is 0. The van der Waals surface area contributed by atoms with Gasteiger partial charge < -0.3 is 10.6 Å². The highest BCUT2D eigenvalue weighted by Gasteiger charge is 2.05. The highest BCUT2D eigenvalue weighted by molar-refractivity contribution is 6.00. The predicted molar refractivity (Wildman–Crippen MR) is 104 cm³/mol. The Morgan fingerprint density at radius 1 is 0.885 bits per heavy atom. The number of H-pyrrole nitrogens is 1. The molecule has 0 spiro atoms. The van der Waals surface area contributed by atoms with Gasteiger partial charge in [0.1, 0.15) is 11.0 Å². The van der Waals surface area contributed by atoms with E-state index in [9.17, 15) is 0 Å². The minimum atomic E-state index is 0.742. The van der Waals surface area contributed by atoms with E-state index in [4.69, 9.17) is 0 Å². The van der Waals surface area contributed by atoms with E-state index in [1.165, 1.54) is 0 Å². The summed E-state index contributed by atoms with van der Waals surface area (Å²) in [5.74, 6) is 0. The normalized spacial score (nSPS) is 11.6. The maximum atomic E-state index is 4.46. The summed E-state index contributed by atoms with van der Waals surface area (Å²) in [6.45, 7) is 1.76. The molecule has 26 heavy (non-hydrogen) atoms. The number of hydrogen-bond acceptors (Lipinski definition) is 6. The zero-order chi connectivity index (χ0) is 17.8. The van der Waals surface area contributed by atoms with Crippen molar-refractivity contribution in [3.8, 4) is 0 Å². The lowest BCUT2D eigenvalue weighted by atomic mass is 10.1. The van der Waals surface area contributed by atoms with Crippen molar-refractivity contribution in [2.24, 2.45) is 10.2 Å². The number of likely N-dealkylation sites (N-methyl/N-ethyl adjacent to an activating group) is 1. The number of azo groups is 1. The summed E-state index contributed by atoms with van der Waals surface area (Å²) >= 11 is 0. The summed E-state index contributed by atoms with van der Waals surface area (Å²) in [5, 5.41) is 28.3. The quantitative estimate of drug-likeness (QED) is 0.361. The molecule has 7 heteroatoms. The second kappa shape index (κ2) is 7.28. The van der Waals surface area contributed by atoms with Crippen LogP contribution in [0.2, 0.25) is 0 Å². The van der Waals surface area contributed by atoms with Gasteiger partial charge in [-0.15, -0.1) is 5.11 Å². The van der Waals surface area contributed by atoms with Crippen LogP contribution in [0.25, 0.3) is 21.8 Å². The van der Waals surface area contributed by atoms with E-state index in [-0.39, 0.29) is 0 Å². The molecule has 7 nitrogen and oxygen atoms in total.